The maximum absolute atomic E-state index is 12.8. The summed E-state index contributed by atoms with van der Waals surface area (Å²) in [5.41, 5.74) is -0.568. The molecule has 0 radical (unpaired) electrons. The van der Waals surface area contributed by atoms with E-state index >= 15 is 0 Å². The molecule has 1 atom stereocenters. The molecule has 0 aliphatic carbocycles. The van der Waals surface area contributed by atoms with E-state index in [1.54, 1.807) is 20.8 Å². The van der Waals surface area contributed by atoms with Crippen molar-refractivity contribution in [3.05, 3.63) is 34.3 Å². The fourth-order valence-corrected chi connectivity index (χ4v) is 2.33. The molecule has 1 aromatic carbocycles. The average molecular weight is 326 g/mol. The largest absolute Gasteiger partial charge is 0.417 e. The van der Waals surface area contributed by atoms with Crippen LogP contribution in [0.25, 0.3) is 0 Å². The van der Waals surface area contributed by atoms with Gasteiger partial charge in [0.25, 0.3) is 0 Å². The zero-order valence-corrected chi connectivity index (χ0v) is 13.1. The van der Waals surface area contributed by atoms with E-state index < -0.39 is 32.5 Å². The van der Waals surface area contributed by atoms with Gasteiger partial charge >= 0.3 is 6.18 Å². The van der Waals surface area contributed by atoms with Gasteiger partial charge in [-0.25, -0.2) is 4.21 Å². The highest BCUT2D eigenvalue weighted by molar-refractivity contribution is 7.85. The molecular formula is C13H15ClF3NOS. The molecule has 0 heterocycles. The van der Waals surface area contributed by atoms with Gasteiger partial charge in [0.1, 0.15) is 11.0 Å². The number of rotatable bonds is 2. The summed E-state index contributed by atoms with van der Waals surface area (Å²) in [5, 5.41) is -0.424. The van der Waals surface area contributed by atoms with Crippen molar-refractivity contribution in [3.8, 4) is 0 Å². The molecule has 0 fully saturated rings. The van der Waals surface area contributed by atoms with Gasteiger partial charge in [0.15, 0.2) is 0 Å². The lowest BCUT2D eigenvalue weighted by Crippen LogP contribution is -2.21. The number of hydrogen-bond donors (Lipinski definition) is 0. The maximum atomic E-state index is 12.8. The fourth-order valence-electron chi connectivity index (χ4n) is 1.34. The molecule has 1 aromatic rings. The molecule has 0 spiro atoms. The highest BCUT2D eigenvalue weighted by Crippen LogP contribution is 2.36. The van der Waals surface area contributed by atoms with Crippen LogP contribution in [-0.2, 0) is 17.2 Å². The molecular weight excluding hydrogens is 311 g/mol. The molecule has 2 nitrogen and oxygen atoms in total. The Balaban J connectivity index is 3.29. The molecule has 0 bridgehead atoms. The topological polar surface area (TPSA) is 29.4 Å². The number of hydrogen-bond acceptors (Lipinski definition) is 1. The van der Waals surface area contributed by atoms with E-state index in [1.807, 2.05) is 0 Å². The Hall–Kier alpha value is -0.880. The van der Waals surface area contributed by atoms with Crippen molar-refractivity contribution < 1.29 is 17.4 Å². The summed E-state index contributed by atoms with van der Waals surface area (Å²) in [7, 11) is -1.56. The smallest absolute Gasteiger partial charge is 0.234 e. The molecule has 0 amide bonds. The molecule has 0 aliphatic rings. The SMILES string of the molecule is CC(=NS(=O)C(C)(C)C)c1cccc(C(F)(F)F)c1Cl. The van der Waals surface area contributed by atoms with E-state index in [4.69, 9.17) is 11.6 Å². The zero-order chi connectivity index (χ0) is 15.7. The van der Waals surface area contributed by atoms with Crippen molar-refractivity contribution in [2.45, 2.75) is 38.6 Å². The predicted molar refractivity (Wildman–Crippen MR) is 76.6 cm³/mol. The van der Waals surface area contributed by atoms with Gasteiger partial charge in [0.2, 0.25) is 0 Å². The molecule has 0 saturated carbocycles. The summed E-state index contributed by atoms with van der Waals surface area (Å²) in [5.74, 6) is 0. The van der Waals surface area contributed by atoms with Crippen molar-refractivity contribution in [1.29, 1.82) is 0 Å². The first-order valence-corrected chi connectivity index (χ1v) is 7.26. The van der Waals surface area contributed by atoms with E-state index in [0.717, 1.165) is 6.07 Å². The van der Waals surface area contributed by atoms with Crippen molar-refractivity contribution in [1.82, 2.24) is 0 Å². The Bertz CT molecular complexity index is 562. The monoisotopic (exact) mass is 325 g/mol. The van der Waals surface area contributed by atoms with E-state index in [0.29, 0.717) is 0 Å². The second kappa shape index (κ2) is 5.85. The van der Waals surface area contributed by atoms with Crippen LogP contribution in [0.1, 0.15) is 38.8 Å². The van der Waals surface area contributed by atoms with Gasteiger partial charge in [-0.15, -0.1) is 0 Å². The third-order valence-corrected chi connectivity index (χ3v) is 4.33. The summed E-state index contributed by atoms with van der Waals surface area (Å²) >= 11 is 5.79. The Kier molecular flexibility index (Phi) is 5.03. The van der Waals surface area contributed by atoms with Gasteiger partial charge in [-0.05, 0) is 33.8 Å². The Morgan fingerprint density at radius 2 is 1.80 bits per heavy atom. The average Bonchev–Trinajstić information content (AvgIpc) is 2.26. The van der Waals surface area contributed by atoms with Crippen LogP contribution < -0.4 is 0 Å². The van der Waals surface area contributed by atoms with Crippen LogP contribution in [0.3, 0.4) is 0 Å². The van der Waals surface area contributed by atoms with Gasteiger partial charge in [-0.2, -0.15) is 17.6 Å². The van der Waals surface area contributed by atoms with Crippen LogP contribution >= 0.6 is 11.6 Å². The van der Waals surface area contributed by atoms with Crippen molar-refractivity contribution in [2.24, 2.45) is 4.40 Å². The van der Waals surface area contributed by atoms with Gasteiger partial charge in [0, 0.05) is 5.56 Å². The quantitative estimate of drug-likeness (QED) is 0.729. The van der Waals surface area contributed by atoms with Crippen LogP contribution in [0.4, 0.5) is 13.2 Å². The fraction of sp³-hybridized carbons (Fsp3) is 0.462. The van der Waals surface area contributed by atoms with Crippen LogP contribution in [0.5, 0.6) is 0 Å². The summed E-state index contributed by atoms with van der Waals surface area (Å²) in [6, 6.07) is 3.58. The molecule has 112 valence electrons. The molecule has 20 heavy (non-hydrogen) atoms. The minimum atomic E-state index is -4.53. The highest BCUT2D eigenvalue weighted by atomic mass is 35.5. The highest BCUT2D eigenvalue weighted by Gasteiger charge is 2.34. The Labute approximate surface area is 123 Å². The second-order valence-electron chi connectivity index (χ2n) is 5.20. The van der Waals surface area contributed by atoms with Crippen LogP contribution in [-0.4, -0.2) is 14.7 Å². The van der Waals surface area contributed by atoms with Crippen molar-refractivity contribution in [3.63, 3.8) is 0 Å². The molecule has 1 rings (SSSR count). The summed E-state index contributed by atoms with van der Waals surface area (Å²) in [4.78, 5) is 0. The standard InChI is InChI=1S/C13H15ClF3NOS/c1-8(18-20(19)12(2,3)4)9-6-5-7-10(11(9)14)13(15,16)17/h5-7H,1-4H3. The van der Waals surface area contributed by atoms with Gasteiger partial charge < -0.3 is 0 Å². The first-order valence-electron chi connectivity index (χ1n) is 5.78. The predicted octanol–water partition coefficient (Wildman–Crippen LogP) is 4.63. The second-order valence-corrected chi connectivity index (χ2v) is 7.49. The Morgan fingerprint density at radius 1 is 1.25 bits per heavy atom. The number of benzene rings is 1. The normalized spacial score (nSPS) is 15.3. The molecule has 1 unspecified atom stereocenters. The van der Waals surface area contributed by atoms with Crippen LogP contribution in [0.2, 0.25) is 5.02 Å². The van der Waals surface area contributed by atoms with Crippen LogP contribution in [0, 0.1) is 0 Å². The minimum absolute atomic E-state index is 0.138. The maximum Gasteiger partial charge on any atom is 0.417 e. The van der Waals surface area contributed by atoms with E-state index in [2.05, 4.69) is 4.40 Å². The van der Waals surface area contributed by atoms with Crippen LogP contribution in [0.15, 0.2) is 22.6 Å². The lowest BCUT2D eigenvalue weighted by molar-refractivity contribution is -0.137. The molecule has 7 heteroatoms. The molecule has 0 aliphatic heterocycles. The zero-order valence-electron chi connectivity index (χ0n) is 11.5. The molecule has 0 saturated heterocycles. The third-order valence-electron chi connectivity index (χ3n) is 2.44. The number of alkyl halides is 3. The summed E-state index contributed by atoms with van der Waals surface area (Å²) < 4.78 is 53.5. The third kappa shape index (κ3) is 4.06. The number of nitrogens with zero attached hydrogens (tertiary/aromatic N) is 1. The lowest BCUT2D eigenvalue weighted by atomic mass is 10.1. The summed E-state index contributed by atoms with van der Waals surface area (Å²) in [6.45, 7) is 6.68. The Morgan fingerprint density at radius 3 is 2.25 bits per heavy atom. The van der Waals surface area contributed by atoms with Crippen molar-refractivity contribution >= 4 is 28.3 Å². The van der Waals surface area contributed by atoms with Gasteiger partial charge in [-0.1, -0.05) is 23.7 Å². The first kappa shape index (κ1) is 17.2. The molecule has 0 aromatic heterocycles. The van der Waals surface area contributed by atoms with E-state index in [1.165, 1.54) is 19.1 Å². The van der Waals surface area contributed by atoms with Gasteiger partial charge in [0.05, 0.1) is 21.0 Å². The number of halogens is 4. The van der Waals surface area contributed by atoms with Gasteiger partial charge in [-0.3, -0.25) is 0 Å². The lowest BCUT2D eigenvalue weighted by Gasteiger charge is -2.15. The van der Waals surface area contributed by atoms with Crippen molar-refractivity contribution in [2.75, 3.05) is 0 Å². The van der Waals surface area contributed by atoms with E-state index in [9.17, 15) is 17.4 Å². The van der Waals surface area contributed by atoms with E-state index in [-0.39, 0.29) is 11.3 Å². The minimum Gasteiger partial charge on any atom is -0.234 e. The first-order chi connectivity index (χ1) is 8.94. The summed E-state index contributed by atoms with van der Waals surface area (Å²) in [6.07, 6.45) is -4.53. The molecule has 0 N–H and O–H groups in total.